The minimum atomic E-state index is -0.133. The summed E-state index contributed by atoms with van der Waals surface area (Å²) in [6.07, 6.45) is 3.70. The lowest BCUT2D eigenvalue weighted by Crippen LogP contribution is -2.43. The van der Waals surface area contributed by atoms with E-state index >= 15 is 0 Å². The molecule has 4 nitrogen and oxygen atoms in total. The highest BCUT2D eigenvalue weighted by Crippen LogP contribution is 2.51. The van der Waals surface area contributed by atoms with Gasteiger partial charge in [0.05, 0.1) is 6.61 Å². The van der Waals surface area contributed by atoms with Crippen LogP contribution in [-0.4, -0.2) is 30.3 Å². The summed E-state index contributed by atoms with van der Waals surface area (Å²) in [6.45, 7) is 0.344. The molecule has 2 fully saturated rings. The lowest BCUT2D eigenvalue weighted by Gasteiger charge is -2.14. The van der Waals surface area contributed by atoms with Gasteiger partial charge in [-0.2, -0.15) is 0 Å². The lowest BCUT2D eigenvalue weighted by molar-refractivity contribution is 0.229. The fraction of sp³-hybridized carbons (Fsp3) is 0.889. The van der Waals surface area contributed by atoms with E-state index in [1.165, 1.54) is 12.8 Å². The zero-order chi connectivity index (χ0) is 9.26. The second kappa shape index (κ2) is 3.54. The summed E-state index contributed by atoms with van der Waals surface area (Å²) in [4.78, 5) is 11.2. The largest absolute Gasteiger partial charge is 0.395 e. The predicted octanol–water partition coefficient (Wildman–Crippen LogP) is 0.0764. The number of amides is 2. The number of carbonyl (C=O) groups excluding carboxylic acids is 1. The number of hydrogen-bond acceptors (Lipinski definition) is 2. The van der Waals surface area contributed by atoms with Crippen LogP contribution in [0.1, 0.15) is 19.3 Å². The van der Waals surface area contributed by atoms with E-state index in [0.717, 1.165) is 18.3 Å². The van der Waals surface area contributed by atoms with Crippen LogP contribution in [0.5, 0.6) is 0 Å². The number of aliphatic hydroxyl groups excluding tert-OH is 1. The van der Waals surface area contributed by atoms with Gasteiger partial charge in [0.15, 0.2) is 0 Å². The second-order valence-electron chi connectivity index (χ2n) is 3.97. The van der Waals surface area contributed by atoms with Crippen LogP contribution in [0.3, 0.4) is 0 Å². The van der Waals surface area contributed by atoms with E-state index in [1.54, 1.807) is 0 Å². The van der Waals surface area contributed by atoms with Gasteiger partial charge in [0.2, 0.25) is 0 Å². The van der Waals surface area contributed by atoms with Gasteiger partial charge in [-0.05, 0) is 31.1 Å². The van der Waals surface area contributed by atoms with Crippen molar-refractivity contribution in [1.82, 2.24) is 10.6 Å². The highest BCUT2D eigenvalue weighted by atomic mass is 16.3. The van der Waals surface area contributed by atoms with Gasteiger partial charge in [0, 0.05) is 12.6 Å². The van der Waals surface area contributed by atoms with Crippen molar-refractivity contribution >= 4 is 6.03 Å². The first-order valence-electron chi connectivity index (χ1n) is 4.96. The molecule has 74 valence electrons. The Morgan fingerprint density at radius 2 is 2.31 bits per heavy atom. The smallest absolute Gasteiger partial charge is 0.315 e. The van der Waals surface area contributed by atoms with Crippen molar-refractivity contribution < 1.29 is 9.90 Å². The van der Waals surface area contributed by atoms with Crippen molar-refractivity contribution in [3.8, 4) is 0 Å². The summed E-state index contributed by atoms with van der Waals surface area (Å²) in [6, 6.07) is 0.260. The van der Waals surface area contributed by atoms with Crippen LogP contribution in [0, 0.1) is 11.8 Å². The Kier molecular flexibility index (Phi) is 2.40. The molecule has 0 aromatic heterocycles. The Morgan fingerprint density at radius 3 is 2.85 bits per heavy atom. The molecule has 3 unspecified atom stereocenters. The van der Waals surface area contributed by atoms with Gasteiger partial charge in [0.1, 0.15) is 0 Å². The molecule has 0 spiro atoms. The number of nitrogens with one attached hydrogen (secondary N) is 2. The summed E-state index contributed by atoms with van der Waals surface area (Å²) in [5, 5.41) is 14.0. The molecule has 2 aliphatic carbocycles. The van der Waals surface area contributed by atoms with Crippen LogP contribution in [0.25, 0.3) is 0 Å². The molecule has 13 heavy (non-hydrogen) atoms. The Bertz CT molecular complexity index is 208. The summed E-state index contributed by atoms with van der Waals surface area (Å²) in [5.74, 6) is 1.64. The quantitative estimate of drug-likeness (QED) is 0.581. The summed E-state index contributed by atoms with van der Waals surface area (Å²) in [5.41, 5.74) is 0. The highest BCUT2D eigenvalue weighted by Gasteiger charge is 2.48. The maximum atomic E-state index is 11.2. The highest BCUT2D eigenvalue weighted by molar-refractivity contribution is 5.74. The van der Waals surface area contributed by atoms with E-state index in [4.69, 9.17) is 5.11 Å². The molecule has 0 radical (unpaired) electrons. The van der Waals surface area contributed by atoms with Crippen molar-refractivity contribution in [2.24, 2.45) is 11.8 Å². The minimum absolute atomic E-state index is 0.00411. The van der Waals surface area contributed by atoms with Crippen LogP contribution in [0.15, 0.2) is 0 Å². The molecule has 3 atom stereocenters. The van der Waals surface area contributed by atoms with Gasteiger partial charge in [-0.3, -0.25) is 0 Å². The van der Waals surface area contributed by atoms with Gasteiger partial charge >= 0.3 is 6.03 Å². The van der Waals surface area contributed by atoms with Gasteiger partial charge < -0.3 is 15.7 Å². The molecule has 2 aliphatic rings. The first kappa shape index (κ1) is 8.81. The van der Waals surface area contributed by atoms with Crippen molar-refractivity contribution in [2.75, 3.05) is 13.2 Å². The summed E-state index contributed by atoms with van der Waals surface area (Å²) < 4.78 is 0. The average molecular weight is 184 g/mol. The van der Waals surface area contributed by atoms with Crippen LogP contribution in [-0.2, 0) is 0 Å². The molecule has 0 aromatic carbocycles. The van der Waals surface area contributed by atoms with Crippen molar-refractivity contribution in [3.63, 3.8) is 0 Å². The van der Waals surface area contributed by atoms with E-state index in [-0.39, 0.29) is 12.6 Å². The molecule has 0 aliphatic heterocycles. The number of aliphatic hydroxyl groups is 1. The first-order valence-corrected chi connectivity index (χ1v) is 4.96. The molecule has 2 saturated carbocycles. The van der Waals surface area contributed by atoms with Gasteiger partial charge in [0.25, 0.3) is 0 Å². The average Bonchev–Trinajstić information content (AvgIpc) is 2.81. The third-order valence-electron chi connectivity index (χ3n) is 3.06. The number of rotatable bonds is 3. The fourth-order valence-corrected chi connectivity index (χ4v) is 2.27. The lowest BCUT2D eigenvalue weighted by atomic mass is 10.2. The van der Waals surface area contributed by atoms with E-state index in [9.17, 15) is 4.79 Å². The number of urea groups is 1. The van der Waals surface area contributed by atoms with E-state index in [1.807, 2.05) is 0 Å². The zero-order valence-corrected chi connectivity index (χ0v) is 7.62. The Morgan fingerprint density at radius 1 is 1.46 bits per heavy atom. The predicted molar refractivity (Wildman–Crippen MR) is 48.2 cm³/mol. The van der Waals surface area contributed by atoms with Crippen molar-refractivity contribution in [2.45, 2.75) is 25.3 Å². The molecule has 0 bridgehead atoms. The maximum absolute atomic E-state index is 11.2. The molecule has 2 amide bonds. The molecule has 0 heterocycles. The number of fused-ring (bicyclic) bond motifs is 1. The number of carbonyl (C=O) groups is 1. The molecule has 2 rings (SSSR count). The molecule has 4 heteroatoms. The van der Waals surface area contributed by atoms with E-state index in [0.29, 0.717) is 12.6 Å². The van der Waals surface area contributed by atoms with Crippen LogP contribution >= 0.6 is 0 Å². The third kappa shape index (κ3) is 1.94. The fourth-order valence-electron chi connectivity index (χ4n) is 2.27. The summed E-state index contributed by atoms with van der Waals surface area (Å²) in [7, 11) is 0. The molecule has 0 saturated heterocycles. The van der Waals surface area contributed by atoms with Gasteiger partial charge in [-0.25, -0.2) is 4.79 Å². The molecule has 3 N–H and O–H groups in total. The number of hydrogen-bond donors (Lipinski definition) is 3. The Balaban J connectivity index is 1.68. The molecular formula is C9H16N2O2. The Hall–Kier alpha value is -0.770. The monoisotopic (exact) mass is 184 g/mol. The summed E-state index contributed by atoms with van der Waals surface area (Å²) >= 11 is 0. The second-order valence-corrected chi connectivity index (χ2v) is 3.97. The van der Waals surface area contributed by atoms with Crippen LogP contribution in [0.2, 0.25) is 0 Å². The van der Waals surface area contributed by atoms with Crippen LogP contribution in [0.4, 0.5) is 4.79 Å². The van der Waals surface area contributed by atoms with Crippen molar-refractivity contribution in [1.29, 1.82) is 0 Å². The van der Waals surface area contributed by atoms with Crippen molar-refractivity contribution in [3.05, 3.63) is 0 Å². The Labute approximate surface area is 77.7 Å². The topological polar surface area (TPSA) is 61.4 Å². The first-order chi connectivity index (χ1) is 6.31. The maximum Gasteiger partial charge on any atom is 0.315 e. The van der Waals surface area contributed by atoms with E-state index in [2.05, 4.69) is 10.6 Å². The standard InChI is InChI=1S/C9H16N2O2/c12-4-3-10-9(13)11-8-2-1-6-5-7(6)8/h6-8,12H,1-5H2,(H2,10,11,13). The van der Waals surface area contributed by atoms with Gasteiger partial charge in [-0.15, -0.1) is 0 Å². The molecular weight excluding hydrogens is 168 g/mol. The zero-order valence-electron chi connectivity index (χ0n) is 7.62. The third-order valence-corrected chi connectivity index (χ3v) is 3.06. The van der Waals surface area contributed by atoms with Crippen LogP contribution < -0.4 is 10.6 Å². The normalized spacial score (nSPS) is 35.3. The molecule has 0 aromatic rings. The van der Waals surface area contributed by atoms with Gasteiger partial charge in [-0.1, -0.05) is 0 Å². The SMILES string of the molecule is O=C(NCCO)NC1CCC2CC21. The minimum Gasteiger partial charge on any atom is -0.395 e. The van der Waals surface area contributed by atoms with E-state index < -0.39 is 0 Å².